The van der Waals surface area contributed by atoms with Crippen molar-refractivity contribution in [3.63, 3.8) is 0 Å². The van der Waals surface area contributed by atoms with Gasteiger partial charge in [-0.25, -0.2) is 9.59 Å². The molecule has 0 aromatic rings. The molecule has 0 aromatic carbocycles. The zero-order valence-corrected chi connectivity index (χ0v) is 23.8. The Hall–Kier alpha value is -1.99. The van der Waals surface area contributed by atoms with Crippen LogP contribution in [-0.4, -0.2) is 89.8 Å². The molecule has 2 heterocycles. The van der Waals surface area contributed by atoms with Gasteiger partial charge >= 0.3 is 11.9 Å². The fourth-order valence-corrected chi connectivity index (χ4v) is 4.71. The first-order valence-corrected chi connectivity index (χ1v) is 14.9. The minimum absolute atomic E-state index is 0.0394. The zero-order chi connectivity index (χ0) is 27.3. The third-order valence-corrected chi connectivity index (χ3v) is 10.8. The van der Waals surface area contributed by atoms with Crippen molar-refractivity contribution < 1.29 is 47.2 Å². The molecule has 2 aliphatic rings. The van der Waals surface area contributed by atoms with Gasteiger partial charge in [-0.3, -0.25) is 4.79 Å². The first kappa shape index (κ1) is 30.2. The number of hydrogen-bond acceptors (Lipinski definition) is 10. The van der Waals surface area contributed by atoms with Crippen LogP contribution >= 0.6 is 0 Å². The first-order valence-electron chi connectivity index (χ1n) is 12.0. The molecule has 206 valence electrons. The summed E-state index contributed by atoms with van der Waals surface area (Å²) in [5, 5.41) is 2.73. The Labute approximate surface area is 214 Å². The number of rotatable bonds is 10. The number of esters is 2. The van der Waals surface area contributed by atoms with Crippen molar-refractivity contribution in [2.45, 2.75) is 89.8 Å². The highest BCUT2D eigenvalue weighted by Crippen LogP contribution is 2.39. The van der Waals surface area contributed by atoms with Crippen molar-refractivity contribution in [1.82, 2.24) is 5.32 Å². The van der Waals surface area contributed by atoms with Crippen LogP contribution in [0.2, 0.25) is 18.1 Å². The fraction of sp³-hybridized carbons (Fsp3) is 0.792. The average Bonchev–Trinajstić information content (AvgIpc) is 3.10. The molecule has 0 bridgehead atoms. The topological polar surface area (TPSA) is 128 Å². The number of carbonyl (C=O) groups is 3. The lowest BCUT2D eigenvalue weighted by Crippen LogP contribution is -2.59. The van der Waals surface area contributed by atoms with Crippen molar-refractivity contribution in [2.24, 2.45) is 0 Å². The Morgan fingerprint density at radius 1 is 1.19 bits per heavy atom. The molecule has 0 radical (unpaired) electrons. The minimum Gasteiger partial charge on any atom is -0.479 e. The van der Waals surface area contributed by atoms with Gasteiger partial charge in [0, 0.05) is 6.92 Å². The first-order chi connectivity index (χ1) is 16.5. The van der Waals surface area contributed by atoms with Crippen LogP contribution in [0.5, 0.6) is 0 Å². The number of amides is 1. The van der Waals surface area contributed by atoms with Gasteiger partial charge in [-0.2, -0.15) is 0 Å². The van der Waals surface area contributed by atoms with E-state index in [0.717, 1.165) is 0 Å². The highest BCUT2D eigenvalue weighted by atomic mass is 28.4. The summed E-state index contributed by atoms with van der Waals surface area (Å²) in [6.45, 7) is 15.3. The summed E-state index contributed by atoms with van der Waals surface area (Å²) in [6, 6.07) is -0.660. The van der Waals surface area contributed by atoms with Gasteiger partial charge in [-0.1, -0.05) is 20.8 Å². The molecule has 2 rings (SSSR count). The van der Waals surface area contributed by atoms with Gasteiger partial charge in [-0.15, -0.1) is 0 Å². The second-order valence-electron chi connectivity index (χ2n) is 10.9. The monoisotopic (exact) mass is 531 g/mol. The normalized spacial score (nSPS) is 26.0. The van der Waals surface area contributed by atoms with Crippen LogP contribution in [0.4, 0.5) is 0 Å². The standard InChI is InChI=1S/C24H41NO10Si/c1-15(26)25-21-17(35-36(8,9)23(2,3)4)10-18(22(28)29-7)33-19(21)13-30-14-20(27)31-11-16-12-32-24(5,6)34-16/h10,16-17,19,21H,11-14H2,1-9H3,(H,25,26). The number of nitrogens with one attached hydrogen (secondary N) is 1. The van der Waals surface area contributed by atoms with Gasteiger partial charge in [-0.05, 0) is 38.1 Å². The van der Waals surface area contributed by atoms with E-state index >= 15 is 0 Å². The Kier molecular flexibility index (Phi) is 10.1. The molecule has 36 heavy (non-hydrogen) atoms. The van der Waals surface area contributed by atoms with Gasteiger partial charge in [0.1, 0.15) is 25.4 Å². The third kappa shape index (κ3) is 8.55. The lowest BCUT2D eigenvalue weighted by molar-refractivity contribution is -0.163. The maximum absolute atomic E-state index is 12.3. The van der Waals surface area contributed by atoms with E-state index < -0.39 is 44.3 Å². The molecule has 1 N–H and O–H groups in total. The quantitative estimate of drug-likeness (QED) is 0.330. The van der Waals surface area contributed by atoms with E-state index in [4.69, 9.17) is 32.8 Å². The Morgan fingerprint density at radius 2 is 1.86 bits per heavy atom. The van der Waals surface area contributed by atoms with E-state index in [0.29, 0.717) is 6.61 Å². The molecule has 4 unspecified atom stereocenters. The van der Waals surface area contributed by atoms with E-state index in [9.17, 15) is 14.4 Å². The molecule has 0 aromatic heterocycles. The molecule has 0 spiro atoms. The molecule has 2 aliphatic heterocycles. The second kappa shape index (κ2) is 12.0. The molecule has 0 aliphatic carbocycles. The van der Waals surface area contributed by atoms with E-state index in [1.165, 1.54) is 20.1 Å². The maximum atomic E-state index is 12.3. The molecule has 12 heteroatoms. The third-order valence-electron chi connectivity index (χ3n) is 6.34. The Morgan fingerprint density at radius 3 is 2.39 bits per heavy atom. The lowest BCUT2D eigenvalue weighted by Gasteiger charge is -2.43. The summed E-state index contributed by atoms with van der Waals surface area (Å²) >= 11 is 0. The highest BCUT2D eigenvalue weighted by Gasteiger charge is 2.45. The van der Waals surface area contributed by atoms with E-state index in [-0.39, 0.29) is 42.6 Å². The average molecular weight is 532 g/mol. The van der Waals surface area contributed by atoms with Crippen LogP contribution in [0.1, 0.15) is 41.5 Å². The summed E-state index contributed by atoms with van der Waals surface area (Å²) in [4.78, 5) is 36.5. The Bertz CT molecular complexity index is 835. The molecule has 4 atom stereocenters. The van der Waals surface area contributed by atoms with Crippen molar-refractivity contribution in [1.29, 1.82) is 0 Å². The van der Waals surface area contributed by atoms with Crippen molar-refractivity contribution in [3.05, 3.63) is 11.8 Å². The van der Waals surface area contributed by atoms with Crippen molar-refractivity contribution >= 4 is 26.2 Å². The summed E-state index contributed by atoms with van der Waals surface area (Å²) in [5.41, 5.74) is 0. The van der Waals surface area contributed by atoms with Gasteiger partial charge in [0.15, 0.2) is 14.1 Å². The van der Waals surface area contributed by atoms with Gasteiger partial charge in [0.05, 0.1) is 32.5 Å². The summed E-state index contributed by atoms with van der Waals surface area (Å²) in [5.74, 6) is -2.31. The fourth-order valence-electron chi connectivity index (χ4n) is 3.46. The summed E-state index contributed by atoms with van der Waals surface area (Å²) in [6.07, 6.45) is -0.303. The second-order valence-corrected chi connectivity index (χ2v) is 15.7. The molecular formula is C24H41NO10Si. The van der Waals surface area contributed by atoms with Crippen molar-refractivity contribution in [3.8, 4) is 0 Å². The number of carbonyl (C=O) groups excluding carboxylic acids is 3. The molecule has 11 nitrogen and oxygen atoms in total. The highest BCUT2D eigenvalue weighted by molar-refractivity contribution is 6.74. The number of ether oxygens (including phenoxy) is 6. The SMILES string of the molecule is COC(=O)C1=CC(O[Si](C)(C)C(C)(C)C)C(NC(C)=O)C(COCC(=O)OCC2COC(C)(C)O2)O1. The minimum atomic E-state index is -2.31. The maximum Gasteiger partial charge on any atom is 0.373 e. The van der Waals surface area contributed by atoms with E-state index in [1.54, 1.807) is 13.8 Å². The number of methoxy groups -OCH3 is 1. The van der Waals surface area contributed by atoms with Gasteiger partial charge in [0.2, 0.25) is 11.7 Å². The van der Waals surface area contributed by atoms with Crippen LogP contribution in [0.15, 0.2) is 11.8 Å². The molecule has 1 amide bonds. The summed E-state index contributed by atoms with van der Waals surface area (Å²) in [7, 11) is -1.07. The predicted molar refractivity (Wildman–Crippen MR) is 131 cm³/mol. The van der Waals surface area contributed by atoms with Crippen LogP contribution in [0.3, 0.4) is 0 Å². The van der Waals surface area contributed by atoms with Gasteiger partial charge in [0.25, 0.3) is 0 Å². The molecule has 0 saturated carbocycles. The molecular weight excluding hydrogens is 490 g/mol. The molecule has 1 saturated heterocycles. The number of hydrogen-bond donors (Lipinski definition) is 1. The van der Waals surface area contributed by atoms with Crippen LogP contribution < -0.4 is 5.32 Å². The van der Waals surface area contributed by atoms with E-state index in [2.05, 4.69) is 39.2 Å². The molecule has 1 fully saturated rings. The van der Waals surface area contributed by atoms with Crippen LogP contribution in [-0.2, 0) is 47.2 Å². The predicted octanol–water partition coefficient (Wildman–Crippen LogP) is 2.05. The smallest absolute Gasteiger partial charge is 0.373 e. The van der Waals surface area contributed by atoms with Crippen LogP contribution in [0, 0.1) is 0 Å². The van der Waals surface area contributed by atoms with Crippen molar-refractivity contribution in [2.75, 3.05) is 33.5 Å². The van der Waals surface area contributed by atoms with E-state index in [1.807, 2.05) is 0 Å². The Balaban J connectivity index is 2.07. The zero-order valence-electron chi connectivity index (χ0n) is 22.8. The summed E-state index contributed by atoms with van der Waals surface area (Å²) < 4.78 is 39.0. The van der Waals surface area contributed by atoms with Crippen LogP contribution in [0.25, 0.3) is 0 Å². The lowest BCUT2D eigenvalue weighted by atomic mass is 10.0. The van der Waals surface area contributed by atoms with Gasteiger partial charge < -0.3 is 38.2 Å². The largest absolute Gasteiger partial charge is 0.479 e.